The van der Waals surface area contributed by atoms with Crippen molar-refractivity contribution in [2.24, 2.45) is 0 Å². The van der Waals surface area contributed by atoms with Crippen LogP contribution in [-0.4, -0.2) is 29.9 Å². The van der Waals surface area contributed by atoms with Gasteiger partial charge in [-0.05, 0) is 23.6 Å². The highest BCUT2D eigenvalue weighted by atomic mass is 16.4. The van der Waals surface area contributed by atoms with E-state index in [0.717, 1.165) is 39.0 Å². The molecule has 3 N–H and O–H groups in total. The first-order chi connectivity index (χ1) is 16.1. The van der Waals surface area contributed by atoms with Crippen molar-refractivity contribution in [2.45, 2.75) is 39.3 Å². The fourth-order valence-electron chi connectivity index (χ4n) is 3.22. The van der Waals surface area contributed by atoms with Gasteiger partial charge in [0.1, 0.15) is 0 Å². The molecule has 0 amide bonds. The van der Waals surface area contributed by atoms with Gasteiger partial charge in [0.15, 0.2) is 5.78 Å². The van der Waals surface area contributed by atoms with Crippen molar-refractivity contribution >= 4 is 11.8 Å². The average molecular weight is 447 g/mol. The van der Waals surface area contributed by atoms with Crippen LogP contribution in [0.1, 0.15) is 58.0 Å². The third-order valence-corrected chi connectivity index (χ3v) is 5.04. The van der Waals surface area contributed by atoms with Crippen molar-refractivity contribution in [1.29, 1.82) is 0 Å². The number of carboxylic acids is 1. The van der Waals surface area contributed by atoms with Crippen LogP contribution in [0.2, 0.25) is 0 Å². The van der Waals surface area contributed by atoms with Crippen molar-refractivity contribution in [3.63, 3.8) is 0 Å². The fraction of sp³-hybridized carbons (Fsp3) is 0.286. The number of Topliss-reactive ketones (excluding diaryl/α,β-unsaturated/α-hetero) is 1. The van der Waals surface area contributed by atoms with Gasteiger partial charge in [-0.1, -0.05) is 92.2 Å². The molecule has 5 nitrogen and oxygen atoms in total. The zero-order chi connectivity index (χ0) is 23.7. The minimum atomic E-state index is -1.05. The summed E-state index contributed by atoms with van der Waals surface area (Å²) < 4.78 is 0. The van der Waals surface area contributed by atoms with Crippen molar-refractivity contribution in [3.05, 3.63) is 107 Å². The Hall–Kier alpha value is -3.28. The Labute approximate surface area is 196 Å². The average Bonchev–Trinajstić information content (AvgIpc) is 2.86. The maximum absolute atomic E-state index is 11.7. The SMILES string of the molecule is CCCCC(=O)c1ccccc1C(=O)O.c1ccc(CNCCNCc2ccccc2)cc1. The van der Waals surface area contributed by atoms with Gasteiger partial charge in [0.25, 0.3) is 0 Å². The number of unbranched alkanes of at least 4 members (excludes halogenated alkanes) is 1. The van der Waals surface area contributed by atoms with Gasteiger partial charge in [0, 0.05) is 38.2 Å². The highest BCUT2D eigenvalue weighted by Gasteiger charge is 2.14. The first-order valence-electron chi connectivity index (χ1n) is 11.5. The lowest BCUT2D eigenvalue weighted by molar-refractivity contribution is 0.0691. The van der Waals surface area contributed by atoms with Gasteiger partial charge in [0.2, 0.25) is 0 Å². The summed E-state index contributed by atoms with van der Waals surface area (Å²) in [5.74, 6) is -1.13. The predicted octanol–water partition coefficient (Wildman–Crippen LogP) is 5.32. The number of nitrogens with one attached hydrogen (secondary N) is 2. The van der Waals surface area contributed by atoms with E-state index in [1.165, 1.54) is 17.2 Å². The number of hydrogen-bond donors (Lipinski definition) is 3. The van der Waals surface area contributed by atoms with Gasteiger partial charge in [0.05, 0.1) is 5.56 Å². The lowest BCUT2D eigenvalue weighted by Gasteiger charge is -2.06. The number of aromatic carboxylic acids is 1. The van der Waals surface area contributed by atoms with Crippen molar-refractivity contribution < 1.29 is 14.7 Å². The molecule has 0 saturated heterocycles. The predicted molar refractivity (Wildman–Crippen MR) is 134 cm³/mol. The topological polar surface area (TPSA) is 78.4 Å². The molecule has 0 unspecified atom stereocenters. The van der Waals surface area contributed by atoms with Crippen molar-refractivity contribution in [2.75, 3.05) is 13.1 Å². The van der Waals surface area contributed by atoms with E-state index in [1.807, 2.05) is 19.1 Å². The largest absolute Gasteiger partial charge is 0.478 e. The minimum Gasteiger partial charge on any atom is -0.478 e. The molecule has 0 saturated carbocycles. The number of benzene rings is 3. The van der Waals surface area contributed by atoms with Crippen molar-refractivity contribution in [3.8, 4) is 0 Å². The summed E-state index contributed by atoms with van der Waals surface area (Å²) in [5.41, 5.74) is 3.08. The van der Waals surface area contributed by atoms with Gasteiger partial charge in [-0.3, -0.25) is 4.79 Å². The van der Waals surface area contributed by atoms with E-state index in [4.69, 9.17) is 5.11 Å². The molecule has 0 aliphatic heterocycles. The molecule has 0 fully saturated rings. The summed E-state index contributed by atoms with van der Waals surface area (Å²) >= 11 is 0. The van der Waals surface area contributed by atoms with E-state index in [9.17, 15) is 9.59 Å². The second-order valence-electron chi connectivity index (χ2n) is 7.70. The van der Waals surface area contributed by atoms with Gasteiger partial charge in [-0.25, -0.2) is 4.79 Å². The zero-order valence-electron chi connectivity index (χ0n) is 19.3. The molecule has 174 valence electrons. The molecule has 0 bridgehead atoms. The number of ketones is 1. The van der Waals surface area contributed by atoms with Crippen LogP contribution >= 0.6 is 0 Å². The zero-order valence-corrected chi connectivity index (χ0v) is 19.3. The van der Waals surface area contributed by atoms with Crippen LogP contribution in [0.4, 0.5) is 0 Å². The molecule has 3 rings (SSSR count). The van der Waals surface area contributed by atoms with Crippen LogP contribution in [-0.2, 0) is 13.1 Å². The normalized spacial score (nSPS) is 10.2. The fourth-order valence-corrected chi connectivity index (χ4v) is 3.22. The summed E-state index contributed by atoms with van der Waals surface area (Å²) in [6, 6.07) is 27.3. The highest BCUT2D eigenvalue weighted by Crippen LogP contribution is 2.13. The maximum atomic E-state index is 11.7. The molecule has 0 aliphatic carbocycles. The first kappa shape index (κ1) is 26.0. The smallest absolute Gasteiger partial charge is 0.336 e. The Bertz CT molecular complexity index is 916. The van der Waals surface area contributed by atoms with Crippen LogP contribution in [0.25, 0.3) is 0 Å². The van der Waals surface area contributed by atoms with Gasteiger partial charge in [-0.2, -0.15) is 0 Å². The van der Waals surface area contributed by atoms with Gasteiger partial charge >= 0.3 is 5.97 Å². The Morgan fingerprint density at radius 2 is 1.15 bits per heavy atom. The quantitative estimate of drug-likeness (QED) is 0.259. The molecule has 5 heteroatoms. The molecule has 0 aromatic heterocycles. The molecule has 33 heavy (non-hydrogen) atoms. The molecular formula is C28H34N2O3. The second-order valence-corrected chi connectivity index (χ2v) is 7.70. The molecule has 0 heterocycles. The summed E-state index contributed by atoms with van der Waals surface area (Å²) in [4.78, 5) is 22.5. The molecule has 3 aromatic carbocycles. The number of carbonyl (C=O) groups is 2. The molecule has 0 spiro atoms. The minimum absolute atomic E-state index is 0.0881. The third kappa shape index (κ3) is 10.3. The maximum Gasteiger partial charge on any atom is 0.336 e. The molecule has 0 aliphatic rings. The van der Waals surface area contributed by atoms with Crippen LogP contribution in [0.15, 0.2) is 84.9 Å². The van der Waals surface area contributed by atoms with Crippen LogP contribution in [0.5, 0.6) is 0 Å². The van der Waals surface area contributed by atoms with E-state index in [0.29, 0.717) is 12.0 Å². The number of carboxylic acid groups (broad SMARTS) is 1. The van der Waals surface area contributed by atoms with Crippen LogP contribution in [0.3, 0.4) is 0 Å². The van der Waals surface area contributed by atoms with Gasteiger partial charge < -0.3 is 15.7 Å². The number of hydrogen-bond acceptors (Lipinski definition) is 4. The molecule has 0 radical (unpaired) electrons. The lowest BCUT2D eigenvalue weighted by Crippen LogP contribution is -2.26. The Morgan fingerprint density at radius 3 is 1.61 bits per heavy atom. The van der Waals surface area contributed by atoms with Crippen LogP contribution in [0, 0.1) is 0 Å². The Balaban J connectivity index is 0.000000238. The van der Waals surface area contributed by atoms with E-state index in [2.05, 4.69) is 59.2 Å². The molecular weight excluding hydrogens is 412 g/mol. The second kappa shape index (κ2) is 15.5. The summed E-state index contributed by atoms with van der Waals surface area (Å²) in [6.45, 7) is 5.85. The third-order valence-electron chi connectivity index (χ3n) is 5.04. The van der Waals surface area contributed by atoms with E-state index >= 15 is 0 Å². The van der Waals surface area contributed by atoms with E-state index in [-0.39, 0.29) is 11.3 Å². The van der Waals surface area contributed by atoms with E-state index < -0.39 is 5.97 Å². The van der Waals surface area contributed by atoms with Crippen LogP contribution < -0.4 is 10.6 Å². The summed E-state index contributed by atoms with van der Waals surface area (Å²) in [7, 11) is 0. The van der Waals surface area contributed by atoms with Crippen molar-refractivity contribution in [1.82, 2.24) is 10.6 Å². The highest BCUT2D eigenvalue weighted by molar-refractivity contribution is 6.05. The number of carbonyl (C=O) groups excluding carboxylic acids is 1. The summed E-state index contributed by atoms with van der Waals surface area (Å²) in [5, 5.41) is 15.7. The summed E-state index contributed by atoms with van der Waals surface area (Å²) in [6.07, 6.45) is 2.15. The monoisotopic (exact) mass is 446 g/mol. The first-order valence-corrected chi connectivity index (χ1v) is 11.5. The Kier molecular flexibility index (Phi) is 12.2. The Morgan fingerprint density at radius 1 is 0.697 bits per heavy atom. The molecule has 3 aromatic rings. The standard InChI is InChI=1S/C16H20N2.C12H14O3/c1-3-7-15(8-4-1)13-17-11-12-18-14-16-9-5-2-6-10-16;1-2-3-8-11(13)9-6-4-5-7-10(9)12(14)15/h1-10,17-18H,11-14H2;4-7H,2-3,8H2,1H3,(H,14,15). The van der Waals surface area contributed by atoms with E-state index in [1.54, 1.807) is 18.2 Å². The molecule has 0 atom stereocenters. The number of rotatable bonds is 12. The van der Waals surface area contributed by atoms with Gasteiger partial charge in [-0.15, -0.1) is 0 Å². The lowest BCUT2D eigenvalue weighted by atomic mass is 10.0.